The van der Waals surface area contributed by atoms with E-state index in [0.717, 1.165) is 36.0 Å². The smallest absolute Gasteiger partial charge is 0.0950 e. The molecule has 1 saturated carbocycles. The monoisotopic (exact) mass is 275 g/mol. The normalized spacial score (nSPS) is 23.4. The Morgan fingerprint density at radius 2 is 2.16 bits per heavy atom. The van der Waals surface area contributed by atoms with Crippen molar-refractivity contribution in [2.45, 2.75) is 31.1 Å². The van der Waals surface area contributed by atoms with E-state index < -0.39 is 0 Å². The van der Waals surface area contributed by atoms with Gasteiger partial charge in [-0.1, -0.05) is 24.6 Å². The topological polar surface area (TPSA) is 37.8 Å². The summed E-state index contributed by atoms with van der Waals surface area (Å²) in [5, 5.41) is 13.2. The standard InChI is InChI=1S/C15H18ClN3/c16-12-5-3-4-11(8-12)9-17-15-10-18-19-14-7-2-1-6-13(14)15/h1-2,6-7,10-12H,3-5,8-9H2,(H,17,19). The second kappa shape index (κ2) is 5.74. The third kappa shape index (κ3) is 2.98. The summed E-state index contributed by atoms with van der Waals surface area (Å²) in [5.74, 6) is 0.670. The fourth-order valence-corrected chi connectivity index (χ4v) is 3.22. The minimum Gasteiger partial charge on any atom is -0.383 e. The first-order chi connectivity index (χ1) is 9.33. The minimum absolute atomic E-state index is 0.354. The van der Waals surface area contributed by atoms with Crippen molar-refractivity contribution in [3.63, 3.8) is 0 Å². The highest BCUT2D eigenvalue weighted by molar-refractivity contribution is 6.20. The van der Waals surface area contributed by atoms with Crippen LogP contribution in [0.3, 0.4) is 0 Å². The first-order valence-corrected chi connectivity index (χ1v) is 7.35. The molecule has 1 aromatic carbocycles. The van der Waals surface area contributed by atoms with Crippen molar-refractivity contribution in [1.82, 2.24) is 10.2 Å². The van der Waals surface area contributed by atoms with E-state index in [4.69, 9.17) is 11.6 Å². The highest BCUT2D eigenvalue weighted by atomic mass is 35.5. The Hall–Kier alpha value is -1.35. The number of nitrogens with zero attached hydrogens (tertiary/aromatic N) is 2. The van der Waals surface area contributed by atoms with E-state index in [0.29, 0.717) is 11.3 Å². The molecule has 4 heteroatoms. The zero-order valence-electron chi connectivity index (χ0n) is 10.8. The Kier molecular flexibility index (Phi) is 3.83. The molecule has 1 aliphatic carbocycles. The lowest BCUT2D eigenvalue weighted by Gasteiger charge is -2.26. The van der Waals surface area contributed by atoms with E-state index in [1.54, 1.807) is 0 Å². The highest BCUT2D eigenvalue weighted by Gasteiger charge is 2.20. The molecule has 1 heterocycles. The van der Waals surface area contributed by atoms with Gasteiger partial charge in [-0.2, -0.15) is 10.2 Å². The van der Waals surface area contributed by atoms with Gasteiger partial charge in [-0.15, -0.1) is 11.6 Å². The number of alkyl halides is 1. The van der Waals surface area contributed by atoms with Gasteiger partial charge < -0.3 is 5.32 Å². The molecule has 3 nitrogen and oxygen atoms in total. The quantitative estimate of drug-likeness (QED) is 0.865. The van der Waals surface area contributed by atoms with Gasteiger partial charge >= 0.3 is 0 Å². The summed E-state index contributed by atoms with van der Waals surface area (Å²) < 4.78 is 0. The van der Waals surface area contributed by atoms with Crippen LogP contribution < -0.4 is 5.32 Å². The molecule has 1 aliphatic rings. The van der Waals surface area contributed by atoms with Crippen molar-refractivity contribution in [3.8, 4) is 0 Å². The van der Waals surface area contributed by atoms with Crippen LogP contribution in [0.5, 0.6) is 0 Å². The largest absolute Gasteiger partial charge is 0.383 e. The lowest BCUT2D eigenvalue weighted by atomic mass is 9.89. The lowest BCUT2D eigenvalue weighted by Crippen LogP contribution is -2.22. The number of hydrogen-bond donors (Lipinski definition) is 1. The maximum atomic E-state index is 6.24. The highest BCUT2D eigenvalue weighted by Crippen LogP contribution is 2.28. The number of fused-ring (bicyclic) bond motifs is 1. The lowest BCUT2D eigenvalue weighted by molar-refractivity contribution is 0.378. The SMILES string of the molecule is ClC1CCCC(CNc2cnnc3ccccc23)C1. The molecule has 1 aromatic heterocycles. The molecule has 2 aromatic rings. The van der Waals surface area contributed by atoms with Crippen molar-refractivity contribution in [2.75, 3.05) is 11.9 Å². The third-order valence-electron chi connectivity index (χ3n) is 3.85. The van der Waals surface area contributed by atoms with Gasteiger partial charge in [0.25, 0.3) is 0 Å². The Morgan fingerprint density at radius 3 is 3.05 bits per heavy atom. The van der Waals surface area contributed by atoms with E-state index >= 15 is 0 Å². The molecular formula is C15H18ClN3. The zero-order chi connectivity index (χ0) is 13.1. The molecule has 0 radical (unpaired) electrons. The Morgan fingerprint density at radius 1 is 1.26 bits per heavy atom. The molecule has 2 atom stereocenters. The van der Waals surface area contributed by atoms with Crippen molar-refractivity contribution in [1.29, 1.82) is 0 Å². The molecular weight excluding hydrogens is 258 g/mol. The fourth-order valence-electron chi connectivity index (χ4n) is 2.81. The summed E-state index contributed by atoms with van der Waals surface area (Å²) in [6.07, 6.45) is 6.61. The number of aromatic nitrogens is 2. The molecule has 0 aliphatic heterocycles. The summed E-state index contributed by atoms with van der Waals surface area (Å²) in [4.78, 5) is 0. The van der Waals surface area contributed by atoms with Crippen LogP contribution in [-0.4, -0.2) is 22.1 Å². The zero-order valence-corrected chi connectivity index (χ0v) is 11.6. The van der Waals surface area contributed by atoms with E-state index in [1.165, 1.54) is 12.8 Å². The van der Waals surface area contributed by atoms with Gasteiger partial charge in [-0.3, -0.25) is 0 Å². The van der Waals surface area contributed by atoms with Crippen molar-refractivity contribution in [2.24, 2.45) is 5.92 Å². The summed E-state index contributed by atoms with van der Waals surface area (Å²) >= 11 is 6.24. The van der Waals surface area contributed by atoms with Crippen LogP contribution in [0.15, 0.2) is 30.5 Å². The average Bonchev–Trinajstić information content (AvgIpc) is 2.45. The second-order valence-corrected chi connectivity index (χ2v) is 5.90. The van der Waals surface area contributed by atoms with E-state index in [-0.39, 0.29) is 0 Å². The van der Waals surface area contributed by atoms with Gasteiger partial charge in [-0.25, -0.2) is 0 Å². The van der Waals surface area contributed by atoms with Gasteiger partial charge in [0.2, 0.25) is 0 Å². The number of halogens is 1. The number of hydrogen-bond acceptors (Lipinski definition) is 3. The maximum Gasteiger partial charge on any atom is 0.0950 e. The number of benzene rings is 1. The molecule has 100 valence electrons. The molecule has 2 unspecified atom stereocenters. The van der Waals surface area contributed by atoms with Gasteiger partial charge in [0.05, 0.1) is 17.4 Å². The predicted octanol–water partition coefficient (Wildman–Crippen LogP) is 3.84. The summed E-state index contributed by atoms with van der Waals surface area (Å²) in [5.41, 5.74) is 2.01. The first-order valence-electron chi connectivity index (χ1n) is 6.91. The van der Waals surface area contributed by atoms with Crippen LogP contribution in [0.4, 0.5) is 5.69 Å². The van der Waals surface area contributed by atoms with E-state index in [2.05, 4.69) is 21.6 Å². The summed E-state index contributed by atoms with van der Waals surface area (Å²) in [6.45, 7) is 0.971. The first kappa shape index (κ1) is 12.7. The van der Waals surface area contributed by atoms with Crippen LogP contribution in [-0.2, 0) is 0 Å². The molecule has 1 fully saturated rings. The number of nitrogens with one attached hydrogen (secondary N) is 1. The van der Waals surface area contributed by atoms with Crippen LogP contribution in [0.1, 0.15) is 25.7 Å². The number of anilines is 1. The van der Waals surface area contributed by atoms with Gasteiger partial charge in [0, 0.05) is 17.3 Å². The molecule has 0 saturated heterocycles. The Balaban J connectivity index is 1.71. The van der Waals surface area contributed by atoms with Crippen LogP contribution in [0.25, 0.3) is 10.9 Å². The Labute approximate surface area is 118 Å². The summed E-state index contributed by atoms with van der Waals surface area (Å²) in [6, 6.07) is 8.09. The van der Waals surface area contributed by atoms with Crippen LogP contribution in [0.2, 0.25) is 0 Å². The second-order valence-electron chi connectivity index (χ2n) is 5.29. The van der Waals surface area contributed by atoms with Crippen molar-refractivity contribution < 1.29 is 0 Å². The Bertz CT molecular complexity index is 553. The van der Waals surface area contributed by atoms with Crippen molar-refractivity contribution in [3.05, 3.63) is 30.5 Å². The number of rotatable bonds is 3. The van der Waals surface area contributed by atoms with Gasteiger partial charge in [0.1, 0.15) is 0 Å². The average molecular weight is 276 g/mol. The fraction of sp³-hybridized carbons (Fsp3) is 0.467. The summed E-state index contributed by atoms with van der Waals surface area (Å²) in [7, 11) is 0. The minimum atomic E-state index is 0.354. The van der Waals surface area contributed by atoms with Crippen LogP contribution in [0, 0.1) is 5.92 Å². The van der Waals surface area contributed by atoms with Crippen LogP contribution >= 0.6 is 11.6 Å². The van der Waals surface area contributed by atoms with E-state index in [1.807, 2.05) is 24.4 Å². The molecule has 0 amide bonds. The molecule has 3 rings (SSSR count). The molecule has 0 bridgehead atoms. The van der Waals surface area contributed by atoms with Gasteiger partial charge in [0.15, 0.2) is 0 Å². The van der Waals surface area contributed by atoms with Gasteiger partial charge in [-0.05, 0) is 31.2 Å². The van der Waals surface area contributed by atoms with E-state index in [9.17, 15) is 0 Å². The maximum absolute atomic E-state index is 6.24. The third-order valence-corrected chi connectivity index (χ3v) is 4.24. The molecule has 19 heavy (non-hydrogen) atoms. The van der Waals surface area contributed by atoms with Crippen molar-refractivity contribution >= 4 is 28.2 Å². The molecule has 0 spiro atoms. The predicted molar refractivity (Wildman–Crippen MR) is 79.6 cm³/mol. The molecule has 1 N–H and O–H groups in total.